The highest BCUT2D eigenvalue weighted by atomic mass is 32.1. The van der Waals surface area contributed by atoms with Gasteiger partial charge in [0.15, 0.2) is 0 Å². The Morgan fingerprint density at radius 2 is 1.91 bits per heavy atom. The van der Waals surface area contributed by atoms with Crippen LogP contribution in [0.3, 0.4) is 0 Å². The molecule has 1 aromatic carbocycles. The highest BCUT2D eigenvalue weighted by molar-refractivity contribution is 7.13. The normalized spacial score (nSPS) is 24.2. The molecule has 0 bridgehead atoms. The number of nitrogens with zero attached hydrogens (tertiary/aromatic N) is 2. The molecule has 5 unspecified atom stereocenters. The number of methoxy groups -OCH3 is 2. The van der Waals surface area contributed by atoms with Crippen LogP contribution >= 0.6 is 11.3 Å². The van der Waals surface area contributed by atoms with Gasteiger partial charge in [-0.2, -0.15) is 0 Å². The van der Waals surface area contributed by atoms with Gasteiger partial charge in [0.05, 0.1) is 43.9 Å². The number of carbonyl (C=O) groups excluding carboxylic acids is 3. The third kappa shape index (κ3) is 5.77. The van der Waals surface area contributed by atoms with Gasteiger partial charge in [-0.25, -0.2) is 14.8 Å². The lowest BCUT2D eigenvalue weighted by Crippen LogP contribution is -2.49. The van der Waals surface area contributed by atoms with Gasteiger partial charge in [0.25, 0.3) is 0 Å². The number of aromatic nitrogens is 2. The fourth-order valence-corrected chi connectivity index (χ4v) is 6.96. The van der Waals surface area contributed by atoms with Gasteiger partial charge in [0.1, 0.15) is 33.8 Å². The molecule has 2 aromatic heterocycles. The fraction of sp³-hybridized carbons (Fsp3) is 0.485. The van der Waals surface area contributed by atoms with E-state index in [1.165, 1.54) is 18.4 Å². The summed E-state index contributed by atoms with van der Waals surface area (Å²) in [4.78, 5) is 49.1. The molecule has 2 heterocycles. The minimum absolute atomic E-state index is 0.192. The molecule has 5 atom stereocenters. The minimum Gasteiger partial charge on any atom is -0.496 e. The van der Waals surface area contributed by atoms with E-state index in [-0.39, 0.29) is 31.3 Å². The maximum absolute atomic E-state index is 13.7. The van der Waals surface area contributed by atoms with E-state index in [1.807, 2.05) is 30.5 Å². The summed E-state index contributed by atoms with van der Waals surface area (Å²) < 4.78 is 22.5. The molecule has 0 radical (unpaired) electrons. The number of thiazole rings is 1. The van der Waals surface area contributed by atoms with Gasteiger partial charge in [-0.05, 0) is 51.2 Å². The van der Waals surface area contributed by atoms with Crippen LogP contribution in [0.15, 0.2) is 36.2 Å². The van der Waals surface area contributed by atoms with Gasteiger partial charge in [-0.15, -0.1) is 17.9 Å². The molecule has 2 fully saturated rings. The van der Waals surface area contributed by atoms with E-state index >= 15 is 0 Å². The Labute approximate surface area is 261 Å². The first-order valence-corrected chi connectivity index (χ1v) is 15.7. The predicted molar refractivity (Wildman–Crippen MR) is 167 cm³/mol. The molecule has 0 saturated heterocycles. The van der Waals surface area contributed by atoms with E-state index in [0.29, 0.717) is 23.6 Å². The summed E-state index contributed by atoms with van der Waals surface area (Å²) in [5.41, 5.74) is 2.06. The zero-order chi connectivity index (χ0) is 31.8. The molecule has 0 aliphatic heterocycles. The van der Waals surface area contributed by atoms with E-state index in [2.05, 4.69) is 25.7 Å². The lowest BCUT2D eigenvalue weighted by Gasteiger charge is -2.22. The van der Waals surface area contributed by atoms with Crippen molar-refractivity contribution < 1.29 is 33.3 Å². The second kappa shape index (κ2) is 12.6. The van der Waals surface area contributed by atoms with Crippen LogP contribution in [0, 0.1) is 24.7 Å². The number of fused-ring (bicyclic) bond motifs is 1. The molecule has 2 aliphatic rings. The number of carbonyl (C=O) groups is 3. The van der Waals surface area contributed by atoms with Crippen molar-refractivity contribution in [2.75, 3.05) is 20.8 Å². The molecule has 3 aromatic rings. The Kier molecular flexibility index (Phi) is 8.97. The molecule has 2 aliphatic carbocycles. The molecule has 5 rings (SSSR count). The third-order valence-corrected chi connectivity index (χ3v) is 9.52. The van der Waals surface area contributed by atoms with Crippen molar-refractivity contribution in [2.45, 2.75) is 64.5 Å². The average molecular weight is 622 g/mol. The van der Waals surface area contributed by atoms with Crippen LogP contribution in [0.4, 0.5) is 0 Å². The van der Waals surface area contributed by atoms with Crippen LogP contribution in [0.5, 0.6) is 11.5 Å². The highest BCUT2D eigenvalue weighted by Gasteiger charge is 2.62. The first kappa shape index (κ1) is 31.4. The minimum atomic E-state index is -1.16. The topological polar surface area (TPSA) is 126 Å². The maximum Gasteiger partial charge on any atom is 0.332 e. The quantitative estimate of drug-likeness (QED) is 0.222. The summed E-state index contributed by atoms with van der Waals surface area (Å²) in [6.45, 7) is 11.8. The molecule has 44 heavy (non-hydrogen) atoms. The predicted octanol–water partition coefficient (Wildman–Crippen LogP) is 5.37. The number of benzene rings is 1. The molecule has 1 N–H and O–H groups in total. The molecule has 0 spiro atoms. The lowest BCUT2D eigenvalue weighted by atomic mass is 9.94. The molecule has 2 saturated carbocycles. The number of aryl methyl sites for hydroxylation is 1. The number of nitrogens with one attached hydrogen (secondary N) is 1. The van der Waals surface area contributed by atoms with E-state index in [4.69, 9.17) is 28.9 Å². The van der Waals surface area contributed by atoms with E-state index in [9.17, 15) is 14.4 Å². The van der Waals surface area contributed by atoms with Gasteiger partial charge < -0.3 is 24.3 Å². The van der Waals surface area contributed by atoms with Crippen molar-refractivity contribution in [3.8, 4) is 22.2 Å². The van der Waals surface area contributed by atoms with Crippen molar-refractivity contribution >= 4 is 40.1 Å². The van der Waals surface area contributed by atoms with Gasteiger partial charge in [0.2, 0.25) is 5.91 Å². The summed E-state index contributed by atoms with van der Waals surface area (Å²) in [6, 6.07) is 5.64. The van der Waals surface area contributed by atoms with Gasteiger partial charge in [-0.3, -0.25) is 9.59 Å². The number of amides is 1. The number of pyridine rings is 1. The first-order chi connectivity index (χ1) is 21.1. The highest BCUT2D eigenvalue weighted by Crippen LogP contribution is 2.47. The summed E-state index contributed by atoms with van der Waals surface area (Å²) in [5.74, 6) is -1.59. The second-order valence-electron chi connectivity index (χ2n) is 11.7. The van der Waals surface area contributed by atoms with E-state index in [1.54, 1.807) is 20.1 Å². The summed E-state index contributed by atoms with van der Waals surface area (Å²) in [6.07, 6.45) is 2.09. The number of hydrogen-bond acceptors (Lipinski definition) is 10. The largest absolute Gasteiger partial charge is 0.496 e. The van der Waals surface area contributed by atoms with E-state index in [0.717, 1.165) is 27.2 Å². The average Bonchev–Trinajstić information content (AvgIpc) is 3.32. The van der Waals surface area contributed by atoms with Crippen LogP contribution < -0.4 is 14.8 Å². The van der Waals surface area contributed by atoms with Crippen LogP contribution in [-0.4, -0.2) is 60.3 Å². The Balaban J connectivity index is 1.47. The Morgan fingerprint density at radius 3 is 2.52 bits per heavy atom. The van der Waals surface area contributed by atoms with Crippen molar-refractivity contribution in [1.82, 2.24) is 15.3 Å². The third-order valence-electron chi connectivity index (χ3n) is 8.64. The first-order valence-electron chi connectivity index (χ1n) is 14.9. The zero-order valence-electron chi connectivity index (χ0n) is 26.0. The van der Waals surface area contributed by atoms with Gasteiger partial charge in [-0.1, -0.05) is 19.9 Å². The van der Waals surface area contributed by atoms with Crippen molar-refractivity contribution in [3.63, 3.8) is 0 Å². The van der Waals surface area contributed by atoms with Crippen molar-refractivity contribution in [1.29, 1.82) is 0 Å². The van der Waals surface area contributed by atoms with Crippen molar-refractivity contribution in [3.05, 3.63) is 47.5 Å². The summed E-state index contributed by atoms with van der Waals surface area (Å²) in [5, 5.41) is 6.48. The van der Waals surface area contributed by atoms with E-state index < -0.39 is 41.3 Å². The molecule has 10 nitrogen and oxygen atoms in total. The molecule has 1 amide bonds. The summed E-state index contributed by atoms with van der Waals surface area (Å²) >= 11 is 1.52. The number of hydrogen-bond donors (Lipinski definition) is 1. The smallest absolute Gasteiger partial charge is 0.332 e. The number of rotatable bonds is 11. The Bertz CT molecular complexity index is 1600. The Hall–Kier alpha value is -3.99. The number of esters is 2. The standard InChI is InChI=1S/C33H39N3O7S/c1-8-19-15-33(19,32(39)42-9-2)36-29(37)22-12-20(13-23(22)31(38)41-7)43-27-14-24(30-35-25(16-44-30)17(3)4)34-28-18(5)26(40-6)11-10-21(27)28/h8,10-11,14,16-17,19-20,22-23H,1,9,12-13,15H2,2-7H3,(H,36,37). The zero-order valence-corrected chi connectivity index (χ0v) is 26.8. The van der Waals surface area contributed by atoms with Crippen LogP contribution in [0.1, 0.15) is 57.2 Å². The SMILES string of the molecule is C=CC1CC1(NC(=O)C1CC(Oc2cc(-c3nc(C(C)C)cs3)nc3c(C)c(OC)ccc23)CC1C(=O)OC)C(=O)OCC. The molecule has 234 valence electrons. The summed E-state index contributed by atoms with van der Waals surface area (Å²) in [7, 11) is 2.92. The molecule has 11 heteroatoms. The Morgan fingerprint density at radius 1 is 1.16 bits per heavy atom. The second-order valence-corrected chi connectivity index (χ2v) is 12.6. The molecular formula is C33H39N3O7S. The van der Waals surface area contributed by atoms with Gasteiger partial charge in [0, 0.05) is 28.3 Å². The maximum atomic E-state index is 13.7. The number of ether oxygens (including phenoxy) is 4. The monoisotopic (exact) mass is 621 g/mol. The fourth-order valence-electron chi connectivity index (χ4n) is 6.02. The lowest BCUT2D eigenvalue weighted by molar-refractivity contribution is -0.151. The van der Waals surface area contributed by atoms with Crippen LogP contribution in [0.25, 0.3) is 21.6 Å². The van der Waals surface area contributed by atoms with Crippen molar-refractivity contribution in [2.24, 2.45) is 17.8 Å². The molecular weight excluding hydrogens is 582 g/mol. The van der Waals surface area contributed by atoms with Crippen LogP contribution in [0.2, 0.25) is 0 Å². The van der Waals surface area contributed by atoms with Crippen LogP contribution in [-0.2, 0) is 23.9 Å². The van der Waals surface area contributed by atoms with Gasteiger partial charge >= 0.3 is 11.9 Å².